The molecule has 0 radical (unpaired) electrons. The highest BCUT2D eigenvalue weighted by molar-refractivity contribution is 7.92. The van der Waals surface area contributed by atoms with Gasteiger partial charge in [0.2, 0.25) is 0 Å². The molecule has 2 aromatic rings. The maximum Gasteiger partial charge on any atom is 0.182 e. The van der Waals surface area contributed by atoms with Crippen LogP contribution in [0.3, 0.4) is 0 Å². The van der Waals surface area contributed by atoms with E-state index in [4.69, 9.17) is 10.5 Å². The van der Waals surface area contributed by atoms with Crippen LogP contribution in [0.1, 0.15) is 11.5 Å². The maximum absolute atomic E-state index is 13.0. The third kappa shape index (κ3) is 2.51. The van der Waals surface area contributed by atoms with E-state index in [0.717, 1.165) is 5.56 Å². The minimum atomic E-state index is -3.58. The van der Waals surface area contributed by atoms with Gasteiger partial charge in [0.1, 0.15) is 5.75 Å². The number of rotatable bonds is 6. The van der Waals surface area contributed by atoms with Crippen LogP contribution < -0.4 is 10.5 Å². The van der Waals surface area contributed by atoms with Gasteiger partial charge in [0.25, 0.3) is 0 Å². The van der Waals surface area contributed by atoms with E-state index in [2.05, 4.69) is 0 Å². The molecule has 3 atom stereocenters. The van der Waals surface area contributed by atoms with Crippen molar-refractivity contribution < 1.29 is 18.3 Å². The number of aliphatic hydroxyl groups is 1. The second-order valence-corrected chi connectivity index (χ2v) is 8.19. The topological polar surface area (TPSA) is 89.6 Å². The summed E-state index contributed by atoms with van der Waals surface area (Å²) in [4.78, 5) is 0.261. The Hall–Kier alpha value is -1.89. The van der Waals surface area contributed by atoms with Crippen LogP contribution in [0, 0.1) is 5.41 Å². The minimum Gasteiger partial charge on any atom is -0.497 e. The van der Waals surface area contributed by atoms with E-state index in [1.807, 2.05) is 12.1 Å². The molecule has 1 aliphatic rings. The van der Waals surface area contributed by atoms with Crippen molar-refractivity contribution in [3.05, 3.63) is 60.2 Å². The van der Waals surface area contributed by atoms with Gasteiger partial charge >= 0.3 is 0 Å². The summed E-state index contributed by atoms with van der Waals surface area (Å²) in [7, 11) is -2.01. The number of aliphatic hydroxyl groups excluding tert-OH is 1. The van der Waals surface area contributed by atoms with Crippen molar-refractivity contribution in [2.45, 2.75) is 16.1 Å². The number of methoxy groups -OCH3 is 1. The fraction of sp³-hybridized carbons (Fsp3) is 0.333. The SMILES string of the molecule is COc1ccc([C@@H]2[C@@H](S(=O)(=O)c3ccccc3)[C@]2(CN)CO)cc1. The summed E-state index contributed by atoms with van der Waals surface area (Å²) < 4.78 is 31.2. The Morgan fingerprint density at radius 3 is 2.25 bits per heavy atom. The Balaban J connectivity index is 2.02. The van der Waals surface area contributed by atoms with Crippen molar-refractivity contribution in [1.29, 1.82) is 0 Å². The van der Waals surface area contributed by atoms with Gasteiger partial charge in [-0.05, 0) is 29.8 Å². The first kappa shape index (κ1) is 17.0. The first-order valence-electron chi connectivity index (χ1n) is 7.75. The minimum absolute atomic E-state index is 0.108. The molecule has 0 aromatic heterocycles. The average molecular weight is 347 g/mol. The second-order valence-electron chi connectivity index (χ2n) is 6.12. The third-order valence-corrected chi connectivity index (χ3v) is 7.27. The Bertz CT molecular complexity index is 799. The summed E-state index contributed by atoms with van der Waals surface area (Å²) in [6.07, 6.45) is 0. The molecule has 24 heavy (non-hydrogen) atoms. The highest BCUT2D eigenvalue weighted by Crippen LogP contribution is 2.63. The fourth-order valence-corrected chi connectivity index (χ4v) is 5.99. The molecule has 2 aromatic carbocycles. The lowest BCUT2D eigenvalue weighted by Gasteiger charge is -2.12. The molecule has 1 fully saturated rings. The first-order chi connectivity index (χ1) is 11.5. The van der Waals surface area contributed by atoms with Crippen LogP contribution in [0.5, 0.6) is 5.75 Å². The normalized spacial score (nSPS) is 26.1. The van der Waals surface area contributed by atoms with Gasteiger partial charge in [-0.1, -0.05) is 30.3 Å². The van der Waals surface area contributed by atoms with Gasteiger partial charge < -0.3 is 15.6 Å². The predicted octanol–water partition coefficient (Wildman–Crippen LogP) is 1.57. The molecule has 0 heterocycles. The highest BCUT2D eigenvalue weighted by atomic mass is 32.2. The van der Waals surface area contributed by atoms with Crippen molar-refractivity contribution in [2.24, 2.45) is 11.1 Å². The van der Waals surface area contributed by atoms with Crippen LogP contribution in [0.2, 0.25) is 0 Å². The largest absolute Gasteiger partial charge is 0.497 e. The molecule has 6 heteroatoms. The summed E-state index contributed by atoms with van der Waals surface area (Å²) in [6, 6.07) is 15.6. The maximum atomic E-state index is 13.0. The Morgan fingerprint density at radius 1 is 1.12 bits per heavy atom. The summed E-state index contributed by atoms with van der Waals surface area (Å²) in [5.41, 5.74) is 5.88. The highest BCUT2D eigenvalue weighted by Gasteiger charge is 2.70. The Labute approximate surface area is 142 Å². The average Bonchev–Trinajstić information content (AvgIpc) is 3.33. The molecule has 0 saturated heterocycles. The number of sulfone groups is 1. The quantitative estimate of drug-likeness (QED) is 0.828. The summed E-state index contributed by atoms with van der Waals surface area (Å²) >= 11 is 0. The molecule has 0 unspecified atom stereocenters. The number of benzene rings is 2. The Morgan fingerprint density at radius 2 is 1.75 bits per heavy atom. The predicted molar refractivity (Wildman–Crippen MR) is 91.7 cm³/mol. The van der Waals surface area contributed by atoms with E-state index in [-0.39, 0.29) is 24.0 Å². The third-order valence-electron chi connectivity index (χ3n) is 4.94. The van der Waals surface area contributed by atoms with Gasteiger partial charge in [0.05, 0.1) is 23.9 Å². The standard InChI is InChI=1S/C18H21NO4S/c1-23-14-9-7-13(8-10-14)16-17(18(16,11-19)12-20)24(21,22)15-5-3-2-4-6-15/h2-10,16-17,20H,11-12,19H2,1H3/t16-,17-,18-/m1/s1. The lowest BCUT2D eigenvalue weighted by molar-refractivity contribution is 0.212. The van der Waals surface area contributed by atoms with Crippen LogP contribution in [0.15, 0.2) is 59.5 Å². The zero-order valence-corrected chi connectivity index (χ0v) is 14.2. The first-order valence-corrected chi connectivity index (χ1v) is 9.29. The molecule has 3 N–H and O–H groups in total. The molecule has 5 nitrogen and oxygen atoms in total. The zero-order chi connectivity index (χ0) is 17.4. The molecule has 1 aliphatic carbocycles. The van der Waals surface area contributed by atoms with E-state index in [1.54, 1.807) is 49.6 Å². The van der Waals surface area contributed by atoms with E-state index >= 15 is 0 Å². The molecule has 0 amide bonds. The van der Waals surface area contributed by atoms with Crippen LogP contribution in [0.25, 0.3) is 0 Å². The van der Waals surface area contributed by atoms with Crippen molar-refractivity contribution in [2.75, 3.05) is 20.3 Å². The smallest absolute Gasteiger partial charge is 0.182 e. The lowest BCUT2D eigenvalue weighted by Crippen LogP contribution is -2.27. The summed E-state index contributed by atoms with van der Waals surface area (Å²) in [5.74, 6) is 0.368. The molecule has 1 saturated carbocycles. The number of hydrogen-bond acceptors (Lipinski definition) is 5. The zero-order valence-electron chi connectivity index (χ0n) is 13.4. The van der Waals surface area contributed by atoms with Gasteiger partial charge in [-0.3, -0.25) is 0 Å². The van der Waals surface area contributed by atoms with Gasteiger partial charge in [-0.25, -0.2) is 8.42 Å². The van der Waals surface area contributed by atoms with E-state index in [0.29, 0.717) is 5.75 Å². The fourth-order valence-electron chi connectivity index (χ4n) is 3.51. The summed E-state index contributed by atoms with van der Waals surface area (Å²) in [6.45, 7) is -0.159. The Kier molecular flexibility index (Phi) is 4.38. The second kappa shape index (κ2) is 6.20. The summed E-state index contributed by atoms with van der Waals surface area (Å²) in [5, 5.41) is 9.17. The van der Waals surface area contributed by atoms with Gasteiger partial charge in [0, 0.05) is 17.9 Å². The molecule has 0 spiro atoms. The van der Waals surface area contributed by atoms with Crippen LogP contribution >= 0.6 is 0 Å². The van der Waals surface area contributed by atoms with Gasteiger partial charge in [-0.2, -0.15) is 0 Å². The van der Waals surface area contributed by atoms with E-state index < -0.39 is 20.5 Å². The van der Waals surface area contributed by atoms with Crippen LogP contribution in [-0.4, -0.2) is 39.0 Å². The molecule has 0 aliphatic heterocycles. The molecule has 0 bridgehead atoms. The molecule has 128 valence electrons. The van der Waals surface area contributed by atoms with Gasteiger partial charge in [-0.15, -0.1) is 0 Å². The van der Waals surface area contributed by atoms with E-state index in [1.165, 1.54) is 0 Å². The monoisotopic (exact) mass is 347 g/mol. The van der Waals surface area contributed by atoms with Crippen LogP contribution in [0.4, 0.5) is 0 Å². The lowest BCUT2D eigenvalue weighted by atomic mass is 10.00. The number of hydrogen-bond donors (Lipinski definition) is 2. The van der Waals surface area contributed by atoms with Crippen LogP contribution in [-0.2, 0) is 9.84 Å². The van der Waals surface area contributed by atoms with Crippen molar-refractivity contribution >= 4 is 9.84 Å². The molecular formula is C18H21NO4S. The molecule has 3 rings (SSSR count). The number of ether oxygens (including phenoxy) is 1. The van der Waals surface area contributed by atoms with Gasteiger partial charge in [0.15, 0.2) is 9.84 Å². The van der Waals surface area contributed by atoms with Crippen molar-refractivity contribution in [3.8, 4) is 5.75 Å². The molecular weight excluding hydrogens is 326 g/mol. The van der Waals surface area contributed by atoms with E-state index in [9.17, 15) is 13.5 Å². The van der Waals surface area contributed by atoms with Crippen molar-refractivity contribution in [1.82, 2.24) is 0 Å². The van der Waals surface area contributed by atoms with Crippen molar-refractivity contribution in [3.63, 3.8) is 0 Å². The number of nitrogens with two attached hydrogens (primary N) is 1.